The molecule has 7 nitrogen and oxygen atoms in total. The zero-order valence-corrected chi connectivity index (χ0v) is 23.1. The molecule has 1 atom stereocenters. The smallest absolute Gasteiger partial charge is 0.311 e. The quantitative estimate of drug-likeness (QED) is 0.363. The van der Waals surface area contributed by atoms with Gasteiger partial charge in [-0.05, 0) is 57.0 Å². The fourth-order valence-electron chi connectivity index (χ4n) is 3.36. The monoisotopic (exact) mass is 532 g/mol. The zero-order valence-electron chi connectivity index (χ0n) is 21.5. The van der Waals surface area contributed by atoms with Crippen molar-refractivity contribution in [2.75, 3.05) is 11.4 Å². The lowest BCUT2D eigenvalue weighted by Gasteiger charge is -2.26. The Hall–Kier alpha value is -2.93. The molecule has 0 aliphatic heterocycles. The second kappa shape index (κ2) is 12.3. The number of nitrogens with one attached hydrogen (secondary N) is 1. The Bertz CT molecular complexity index is 1250. The summed E-state index contributed by atoms with van der Waals surface area (Å²) in [6.07, 6.45) is 0.876. The van der Waals surface area contributed by atoms with Crippen molar-refractivity contribution in [2.45, 2.75) is 58.6 Å². The fraction of sp³-hybridized carbons (Fsp3) is 0.407. The molecule has 2 rings (SSSR count). The highest BCUT2D eigenvalue weighted by atomic mass is 35.5. The van der Waals surface area contributed by atoms with Gasteiger partial charge >= 0.3 is 5.71 Å². The van der Waals surface area contributed by atoms with Crippen LogP contribution in [0.2, 0.25) is 5.02 Å². The summed E-state index contributed by atoms with van der Waals surface area (Å²) in [5.74, 6) is -0.743. The standard InChI is InChI=1S/C27H34ClN3O4S/c1-7-19(2)17-25(33)31(16-15-24(32)30-36(34,35)27(3,4)5)23-14-13-21(28)18-22(23)26(29-6)20-11-9-8-10-12-20/h8-14,18-19H,6-7,15-17H2,1-5H3/p+1/t19-/m0/s1. The van der Waals surface area contributed by atoms with Gasteiger partial charge in [0, 0.05) is 24.4 Å². The minimum absolute atomic E-state index is 0.0192. The topological polar surface area (TPSA) is 97.7 Å². The third kappa shape index (κ3) is 7.53. The van der Waals surface area contributed by atoms with E-state index < -0.39 is 20.7 Å². The van der Waals surface area contributed by atoms with Crippen LogP contribution < -0.4 is 14.3 Å². The van der Waals surface area contributed by atoms with Crippen LogP contribution in [0.3, 0.4) is 0 Å². The van der Waals surface area contributed by atoms with Crippen LogP contribution in [0.5, 0.6) is 0 Å². The van der Waals surface area contributed by atoms with E-state index in [0.717, 1.165) is 12.0 Å². The van der Waals surface area contributed by atoms with Crippen molar-refractivity contribution in [3.05, 3.63) is 64.7 Å². The number of nitrogens with zero attached hydrogens (tertiary/aromatic N) is 2. The molecule has 0 saturated carbocycles. The van der Waals surface area contributed by atoms with Gasteiger partial charge in [-0.15, -0.1) is 0 Å². The molecule has 0 aliphatic carbocycles. The molecule has 2 amide bonds. The molecule has 0 spiro atoms. The van der Waals surface area contributed by atoms with Gasteiger partial charge < -0.3 is 4.90 Å². The molecule has 0 bridgehead atoms. The number of rotatable bonds is 10. The van der Waals surface area contributed by atoms with Gasteiger partial charge in [-0.25, -0.2) is 8.42 Å². The number of benzene rings is 2. The Kier molecular flexibility index (Phi) is 10.1. The first-order chi connectivity index (χ1) is 16.8. The highest BCUT2D eigenvalue weighted by Crippen LogP contribution is 2.28. The second-order valence-corrected chi connectivity index (χ2v) is 12.6. The Morgan fingerprint density at radius 2 is 1.78 bits per heavy atom. The van der Waals surface area contributed by atoms with E-state index in [4.69, 9.17) is 11.6 Å². The molecule has 1 N–H and O–H groups in total. The Balaban J connectivity index is 2.49. The van der Waals surface area contributed by atoms with Crippen molar-refractivity contribution in [2.24, 2.45) is 5.92 Å². The van der Waals surface area contributed by atoms with Gasteiger partial charge in [-0.3, -0.25) is 14.3 Å². The number of anilines is 1. The predicted octanol–water partition coefficient (Wildman–Crippen LogP) is 4.35. The molecule has 2 aromatic carbocycles. The van der Waals surface area contributed by atoms with Gasteiger partial charge in [0.05, 0.1) is 21.6 Å². The third-order valence-electron chi connectivity index (χ3n) is 5.85. The summed E-state index contributed by atoms with van der Waals surface area (Å²) in [7, 11) is -3.87. The van der Waals surface area contributed by atoms with Crippen molar-refractivity contribution in [3.8, 4) is 0 Å². The SMILES string of the molecule is C=[N+]=C(c1ccccc1)c1cc(Cl)ccc1N(CCC(=O)NS(=O)(=O)C(C)(C)C)C(=O)C[C@@H](C)CC. The van der Waals surface area contributed by atoms with E-state index in [1.807, 2.05) is 44.2 Å². The van der Waals surface area contributed by atoms with Gasteiger partial charge in [0.2, 0.25) is 21.8 Å². The van der Waals surface area contributed by atoms with Crippen LogP contribution in [0.15, 0.2) is 48.5 Å². The number of amides is 2. The Labute approximate surface area is 219 Å². The maximum absolute atomic E-state index is 13.4. The van der Waals surface area contributed by atoms with E-state index in [0.29, 0.717) is 22.0 Å². The minimum atomic E-state index is -3.87. The number of hydrogen-bond donors (Lipinski definition) is 1. The van der Waals surface area contributed by atoms with Crippen molar-refractivity contribution < 1.29 is 18.0 Å². The molecule has 0 saturated heterocycles. The summed E-state index contributed by atoms with van der Waals surface area (Å²) in [6, 6.07) is 14.5. The number of halogens is 1. The number of carbonyl (C=O) groups excluding carboxylic acids is 2. The fourth-order valence-corrected chi connectivity index (χ4v) is 4.24. The second-order valence-electron chi connectivity index (χ2n) is 9.69. The van der Waals surface area contributed by atoms with Crippen LogP contribution in [-0.4, -0.2) is 44.0 Å². The summed E-state index contributed by atoms with van der Waals surface area (Å²) < 4.78 is 30.0. The first-order valence-electron chi connectivity index (χ1n) is 11.8. The molecule has 0 radical (unpaired) electrons. The van der Waals surface area contributed by atoms with E-state index in [9.17, 15) is 18.0 Å². The number of hydrogen-bond acceptors (Lipinski definition) is 4. The third-order valence-corrected chi connectivity index (χ3v) is 8.19. The van der Waals surface area contributed by atoms with E-state index in [-0.39, 0.29) is 31.2 Å². The molecule has 9 heteroatoms. The molecule has 2 aromatic rings. The average molecular weight is 533 g/mol. The number of sulfonamides is 1. The maximum Gasteiger partial charge on any atom is 0.342 e. The summed E-state index contributed by atoms with van der Waals surface area (Å²) in [5.41, 5.74) is 2.43. The molecule has 36 heavy (non-hydrogen) atoms. The van der Waals surface area contributed by atoms with Gasteiger partial charge in [0.15, 0.2) is 0 Å². The number of carbonyl (C=O) groups is 2. The highest BCUT2D eigenvalue weighted by Gasteiger charge is 2.32. The Morgan fingerprint density at radius 1 is 1.14 bits per heavy atom. The van der Waals surface area contributed by atoms with Gasteiger partial charge in [-0.1, -0.05) is 54.7 Å². The molecule has 194 valence electrons. The largest absolute Gasteiger partial charge is 0.342 e. The summed E-state index contributed by atoms with van der Waals surface area (Å²) in [6.45, 7) is 12.2. The summed E-state index contributed by atoms with van der Waals surface area (Å²) in [4.78, 5) is 27.6. The normalized spacial score (nSPS) is 12.4. The van der Waals surface area contributed by atoms with Crippen molar-refractivity contribution in [3.63, 3.8) is 0 Å². The van der Waals surface area contributed by atoms with E-state index >= 15 is 0 Å². The first-order valence-corrected chi connectivity index (χ1v) is 13.7. The maximum atomic E-state index is 13.4. The average Bonchev–Trinajstić information content (AvgIpc) is 2.80. The van der Waals surface area contributed by atoms with E-state index in [2.05, 4.69) is 16.1 Å². The zero-order chi connectivity index (χ0) is 27.1. The van der Waals surface area contributed by atoms with Crippen LogP contribution in [0.4, 0.5) is 5.69 Å². The van der Waals surface area contributed by atoms with Gasteiger partial charge in [0.1, 0.15) is 0 Å². The van der Waals surface area contributed by atoms with Crippen LogP contribution in [0.25, 0.3) is 0 Å². The van der Waals surface area contributed by atoms with Gasteiger partial charge in [-0.2, -0.15) is 0 Å². The lowest BCUT2D eigenvalue weighted by molar-refractivity contribution is -0.120. The van der Waals surface area contributed by atoms with Crippen LogP contribution >= 0.6 is 11.6 Å². The van der Waals surface area contributed by atoms with Gasteiger partial charge in [0.25, 0.3) is 6.72 Å². The van der Waals surface area contributed by atoms with Crippen LogP contribution in [0, 0.1) is 5.92 Å². The van der Waals surface area contributed by atoms with Crippen molar-refractivity contribution in [1.82, 2.24) is 9.39 Å². The summed E-state index contributed by atoms with van der Waals surface area (Å²) >= 11 is 6.33. The first kappa shape index (κ1) is 29.3. The molecule has 0 unspecified atom stereocenters. The highest BCUT2D eigenvalue weighted by molar-refractivity contribution is 7.91. The van der Waals surface area contributed by atoms with Crippen LogP contribution in [-0.2, 0) is 19.6 Å². The lowest BCUT2D eigenvalue weighted by Crippen LogP contribution is -2.44. The Morgan fingerprint density at radius 3 is 2.33 bits per heavy atom. The van der Waals surface area contributed by atoms with Crippen LogP contribution in [0.1, 0.15) is 65.0 Å². The predicted molar refractivity (Wildman–Crippen MR) is 148 cm³/mol. The minimum Gasteiger partial charge on any atom is -0.311 e. The van der Waals surface area contributed by atoms with E-state index in [1.54, 1.807) is 18.2 Å². The summed E-state index contributed by atoms with van der Waals surface area (Å²) in [5, 5.41) is 0.453. The molecule has 0 fully saturated rings. The van der Waals surface area contributed by atoms with E-state index in [1.165, 1.54) is 25.7 Å². The molecule has 0 heterocycles. The molecular weight excluding hydrogens is 498 g/mol. The molecule has 0 aliphatic rings. The molecular formula is C27H35ClN3O4S+. The lowest BCUT2D eigenvalue weighted by atomic mass is 9.98. The van der Waals surface area contributed by atoms with Crippen molar-refractivity contribution in [1.29, 1.82) is 0 Å². The van der Waals surface area contributed by atoms with Crippen molar-refractivity contribution >= 4 is 51.6 Å². The molecule has 0 aromatic heterocycles.